The van der Waals surface area contributed by atoms with Gasteiger partial charge in [0.1, 0.15) is 0 Å². The normalized spacial score (nSPS) is 18.8. The Morgan fingerprint density at radius 1 is 1.47 bits per heavy atom. The molecule has 1 aliphatic rings. The molecule has 2 N–H and O–H groups in total. The molecule has 0 aliphatic heterocycles. The number of fused-ring (bicyclic) bond motifs is 1. The monoisotopic (exact) mass is 300 g/mol. The summed E-state index contributed by atoms with van der Waals surface area (Å²) in [7, 11) is 0. The highest BCUT2D eigenvalue weighted by Gasteiger charge is 2.26. The molecule has 0 heterocycles. The van der Waals surface area contributed by atoms with Crippen molar-refractivity contribution < 1.29 is 4.79 Å². The summed E-state index contributed by atoms with van der Waals surface area (Å²) in [6.07, 6.45) is 2.63. The van der Waals surface area contributed by atoms with E-state index in [1.54, 1.807) is 6.07 Å². The van der Waals surface area contributed by atoms with Crippen molar-refractivity contribution in [2.24, 2.45) is 0 Å². The summed E-state index contributed by atoms with van der Waals surface area (Å²) in [6.45, 7) is 4.02. The average molecular weight is 301 g/mol. The van der Waals surface area contributed by atoms with Crippen molar-refractivity contribution in [1.29, 1.82) is 0 Å². The summed E-state index contributed by atoms with van der Waals surface area (Å²) in [4.78, 5) is 11.8. The van der Waals surface area contributed by atoms with Gasteiger partial charge in [0, 0.05) is 6.04 Å². The summed E-state index contributed by atoms with van der Waals surface area (Å²) >= 11 is 12.2. The fourth-order valence-electron chi connectivity index (χ4n) is 2.31. The average Bonchev–Trinajstić information content (AvgIpc) is 2.77. The van der Waals surface area contributed by atoms with Crippen LogP contribution in [0, 0.1) is 0 Å². The molecule has 0 radical (unpaired) electrons. The van der Waals surface area contributed by atoms with Crippen molar-refractivity contribution in [1.82, 2.24) is 10.6 Å². The fourth-order valence-corrected chi connectivity index (χ4v) is 2.75. The van der Waals surface area contributed by atoms with Gasteiger partial charge in [-0.15, -0.1) is 0 Å². The van der Waals surface area contributed by atoms with Gasteiger partial charge in [-0.2, -0.15) is 0 Å². The quantitative estimate of drug-likeness (QED) is 0.868. The van der Waals surface area contributed by atoms with E-state index in [2.05, 4.69) is 10.6 Å². The van der Waals surface area contributed by atoms with Gasteiger partial charge in [-0.1, -0.05) is 36.2 Å². The van der Waals surface area contributed by atoms with Gasteiger partial charge in [-0.25, -0.2) is 4.79 Å². The lowest BCUT2D eigenvalue weighted by molar-refractivity contribution is 0.233. The van der Waals surface area contributed by atoms with Crippen molar-refractivity contribution in [3.8, 4) is 0 Å². The molecule has 2 rings (SSSR count). The highest BCUT2D eigenvalue weighted by molar-refractivity contribution is 6.42. The number of hydrogen-bond donors (Lipinski definition) is 2. The van der Waals surface area contributed by atoms with Crippen LogP contribution in [0.2, 0.25) is 10.0 Å². The van der Waals surface area contributed by atoms with E-state index in [0.717, 1.165) is 30.4 Å². The Balaban J connectivity index is 2.07. The largest absolute Gasteiger partial charge is 0.336 e. The van der Waals surface area contributed by atoms with E-state index >= 15 is 0 Å². The molecule has 1 aromatic carbocycles. The molecule has 2 amide bonds. The molecule has 0 aromatic heterocycles. The molecule has 1 aliphatic carbocycles. The van der Waals surface area contributed by atoms with Crippen LogP contribution in [0.15, 0.2) is 12.1 Å². The van der Waals surface area contributed by atoms with Crippen molar-refractivity contribution in [2.75, 3.05) is 0 Å². The predicted octanol–water partition coefficient (Wildman–Crippen LogP) is 4.08. The van der Waals surface area contributed by atoms with Crippen LogP contribution in [0.4, 0.5) is 4.79 Å². The molecule has 2 atom stereocenters. The van der Waals surface area contributed by atoms with Gasteiger partial charge in [0.25, 0.3) is 0 Å². The van der Waals surface area contributed by atoms with Gasteiger partial charge in [-0.05, 0) is 43.4 Å². The number of hydrogen-bond acceptors (Lipinski definition) is 1. The molecule has 0 bridgehead atoms. The molecule has 2 unspecified atom stereocenters. The molecule has 19 heavy (non-hydrogen) atoms. The van der Waals surface area contributed by atoms with E-state index in [0.29, 0.717) is 10.0 Å². The van der Waals surface area contributed by atoms with E-state index in [1.165, 1.54) is 0 Å². The molecule has 5 heteroatoms. The van der Waals surface area contributed by atoms with E-state index in [-0.39, 0.29) is 18.1 Å². The van der Waals surface area contributed by atoms with E-state index < -0.39 is 0 Å². The van der Waals surface area contributed by atoms with Crippen LogP contribution in [0.25, 0.3) is 0 Å². The first-order valence-corrected chi connectivity index (χ1v) is 7.32. The number of nitrogens with one attached hydrogen (secondary N) is 2. The van der Waals surface area contributed by atoms with Crippen molar-refractivity contribution in [3.63, 3.8) is 0 Å². The highest BCUT2D eigenvalue weighted by atomic mass is 35.5. The number of carbonyl (C=O) groups excluding carboxylic acids is 1. The smallest absolute Gasteiger partial charge is 0.315 e. The van der Waals surface area contributed by atoms with Crippen molar-refractivity contribution in [3.05, 3.63) is 33.3 Å². The van der Waals surface area contributed by atoms with Gasteiger partial charge in [0.05, 0.1) is 16.1 Å². The van der Waals surface area contributed by atoms with Gasteiger partial charge in [-0.3, -0.25) is 0 Å². The maximum absolute atomic E-state index is 11.8. The zero-order valence-electron chi connectivity index (χ0n) is 11.1. The molecule has 3 nitrogen and oxygen atoms in total. The molecule has 0 fully saturated rings. The van der Waals surface area contributed by atoms with Crippen LogP contribution in [0.1, 0.15) is 43.9 Å². The Hall–Kier alpha value is -0.930. The first-order valence-electron chi connectivity index (χ1n) is 6.56. The van der Waals surface area contributed by atoms with Gasteiger partial charge in [0.2, 0.25) is 0 Å². The first kappa shape index (κ1) is 14.5. The highest BCUT2D eigenvalue weighted by Crippen LogP contribution is 2.38. The van der Waals surface area contributed by atoms with Crippen LogP contribution in [0.5, 0.6) is 0 Å². The SMILES string of the molecule is CCC(C)NC(=O)NC1CCc2c1ccc(Cl)c2Cl. The Morgan fingerprint density at radius 2 is 2.21 bits per heavy atom. The maximum Gasteiger partial charge on any atom is 0.315 e. The summed E-state index contributed by atoms with van der Waals surface area (Å²) in [5.41, 5.74) is 2.14. The zero-order valence-corrected chi connectivity index (χ0v) is 12.6. The number of rotatable bonds is 3. The second-order valence-corrected chi connectivity index (χ2v) is 5.73. The zero-order chi connectivity index (χ0) is 14.0. The van der Waals surface area contributed by atoms with Crippen LogP contribution in [0.3, 0.4) is 0 Å². The van der Waals surface area contributed by atoms with Crippen LogP contribution < -0.4 is 10.6 Å². The van der Waals surface area contributed by atoms with Gasteiger partial charge < -0.3 is 10.6 Å². The third kappa shape index (κ3) is 3.15. The van der Waals surface area contributed by atoms with Crippen LogP contribution >= 0.6 is 23.2 Å². The topological polar surface area (TPSA) is 41.1 Å². The second-order valence-electron chi connectivity index (χ2n) is 4.95. The minimum Gasteiger partial charge on any atom is -0.336 e. The second kappa shape index (κ2) is 6.02. The van der Waals surface area contributed by atoms with Crippen LogP contribution in [-0.2, 0) is 6.42 Å². The van der Waals surface area contributed by atoms with Crippen molar-refractivity contribution >= 4 is 29.2 Å². The summed E-state index contributed by atoms with van der Waals surface area (Å²) in [5, 5.41) is 7.09. The third-order valence-electron chi connectivity index (χ3n) is 3.59. The number of urea groups is 1. The molecule has 0 saturated carbocycles. The minimum atomic E-state index is -0.127. The fraction of sp³-hybridized carbons (Fsp3) is 0.500. The van der Waals surface area contributed by atoms with Crippen LogP contribution in [-0.4, -0.2) is 12.1 Å². The Kier molecular flexibility index (Phi) is 4.58. The molecule has 0 spiro atoms. The first-order chi connectivity index (χ1) is 9.02. The lowest BCUT2D eigenvalue weighted by atomic mass is 10.1. The van der Waals surface area contributed by atoms with Crippen molar-refractivity contribution in [2.45, 2.75) is 45.2 Å². The summed E-state index contributed by atoms with van der Waals surface area (Å²) < 4.78 is 0. The molecule has 1 aromatic rings. The number of halogens is 2. The Labute approximate surface area is 123 Å². The minimum absolute atomic E-state index is 0.0221. The molecule has 0 saturated heterocycles. The number of benzene rings is 1. The summed E-state index contributed by atoms with van der Waals surface area (Å²) in [6, 6.07) is 3.81. The molecular weight excluding hydrogens is 283 g/mol. The molecular formula is C14H18Cl2N2O. The van der Waals surface area contributed by atoms with Gasteiger partial charge in [0.15, 0.2) is 0 Å². The lowest BCUT2D eigenvalue weighted by Gasteiger charge is -2.17. The Morgan fingerprint density at radius 3 is 2.89 bits per heavy atom. The Bertz CT molecular complexity index is 491. The van der Waals surface area contributed by atoms with E-state index in [4.69, 9.17) is 23.2 Å². The number of carbonyl (C=O) groups is 1. The standard InChI is InChI=1S/C14H18Cl2N2O/c1-3-8(2)17-14(19)18-12-7-5-10-9(12)4-6-11(15)13(10)16/h4,6,8,12H,3,5,7H2,1-2H3,(H2,17,18,19). The van der Waals surface area contributed by atoms with E-state index in [1.807, 2.05) is 19.9 Å². The maximum atomic E-state index is 11.8. The predicted molar refractivity (Wildman–Crippen MR) is 78.9 cm³/mol. The van der Waals surface area contributed by atoms with Gasteiger partial charge >= 0.3 is 6.03 Å². The number of amides is 2. The third-order valence-corrected chi connectivity index (χ3v) is 4.43. The lowest BCUT2D eigenvalue weighted by Crippen LogP contribution is -2.41. The summed E-state index contributed by atoms with van der Waals surface area (Å²) in [5.74, 6) is 0. The van der Waals surface area contributed by atoms with E-state index in [9.17, 15) is 4.79 Å². The molecule has 104 valence electrons.